The number of imide groups is 1. The molecule has 1 saturated heterocycles. The van der Waals surface area contributed by atoms with Gasteiger partial charge in [-0.15, -0.1) is 0 Å². The van der Waals surface area contributed by atoms with E-state index in [1.165, 1.54) is 4.90 Å². The van der Waals surface area contributed by atoms with E-state index < -0.39 is 22.7 Å². The van der Waals surface area contributed by atoms with Crippen molar-refractivity contribution in [1.82, 2.24) is 0 Å². The summed E-state index contributed by atoms with van der Waals surface area (Å²) in [4.78, 5) is 44.9. The van der Waals surface area contributed by atoms with Crippen LogP contribution in [0.25, 0.3) is 11.1 Å². The van der Waals surface area contributed by atoms with E-state index in [9.17, 15) is 14.4 Å². The number of nitrogens with zero attached hydrogens (tertiary/aromatic N) is 1. The van der Waals surface area contributed by atoms with Gasteiger partial charge >= 0.3 is 0 Å². The lowest BCUT2D eigenvalue weighted by Crippen LogP contribution is -2.42. The molecular formula is C33H31NO3. The zero-order valence-corrected chi connectivity index (χ0v) is 21.7. The molecule has 4 heteroatoms. The molecule has 4 nitrogen and oxygen atoms in total. The summed E-state index contributed by atoms with van der Waals surface area (Å²) < 4.78 is 0. The molecule has 1 aliphatic heterocycles. The van der Waals surface area contributed by atoms with E-state index >= 15 is 0 Å². The van der Waals surface area contributed by atoms with Gasteiger partial charge in [-0.25, -0.2) is 4.90 Å². The van der Waals surface area contributed by atoms with Gasteiger partial charge in [-0.05, 0) is 66.2 Å². The minimum Gasteiger partial charge on any atom is -0.298 e. The molecule has 0 N–H and O–H groups in total. The number of rotatable bonds is 5. The molecule has 0 spiro atoms. The smallest absolute Gasteiger partial charge is 0.239 e. The number of allylic oxidation sites excluding steroid dienone is 2. The maximum Gasteiger partial charge on any atom is 0.239 e. The molecule has 4 atom stereocenters. The van der Waals surface area contributed by atoms with E-state index in [1.807, 2.05) is 107 Å². The first-order chi connectivity index (χ1) is 17.9. The summed E-state index contributed by atoms with van der Waals surface area (Å²) in [6.45, 7) is 7.93. The normalized spacial score (nSPS) is 28.4. The Hall–Kier alpha value is -3.79. The number of hydrogen-bond acceptors (Lipinski definition) is 3. The zero-order valence-electron chi connectivity index (χ0n) is 21.7. The third kappa shape index (κ3) is 2.71. The van der Waals surface area contributed by atoms with Crippen molar-refractivity contribution in [1.29, 1.82) is 0 Å². The minimum absolute atomic E-state index is 0.0417. The highest BCUT2D eigenvalue weighted by Gasteiger charge is 2.80. The number of fused-ring (bicyclic) bond motifs is 5. The Morgan fingerprint density at radius 1 is 0.649 bits per heavy atom. The number of Topliss-reactive ketones (excluding diaryl/α,β-unsaturated/α-hetero) is 1. The van der Waals surface area contributed by atoms with Crippen LogP contribution >= 0.6 is 0 Å². The van der Waals surface area contributed by atoms with E-state index in [-0.39, 0.29) is 17.6 Å². The summed E-state index contributed by atoms with van der Waals surface area (Å²) >= 11 is 0. The molecule has 186 valence electrons. The molecule has 1 heterocycles. The van der Waals surface area contributed by atoms with E-state index in [4.69, 9.17) is 0 Å². The lowest BCUT2D eigenvalue weighted by Gasteiger charge is -2.38. The molecule has 0 aromatic heterocycles. The summed E-state index contributed by atoms with van der Waals surface area (Å²) in [5.74, 6) is -1.86. The van der Waals surface area contributed by atoms with Gasteiger partial charge in [-0.3, -0.25) is 14.4 Å². The predicted octanol–water partition coefficient (Wildman–Crippen LogP) is 6.41. The Bertz CT molecular complexity index is 1400. The van der Waals surface area contributed by atoms with Crippen LogP contribution in [0, 0.1) is 36.5 Å². The van der Waals surface area contributed by atoms with Crippen LogP contribution in [0.1, 0.15) is 48.9 Å². The van der Waals surface area contributed by atoms with E-state index in [0.29, 0.717) is 18.5 Å². The summed E-state index contributed by atoms with van der Waals surface area (Å²) in [6.07, 6.45) is 0.934. The second-order valence-corrected chi connectivity index (χ2v) is 10.6. The molecule has 3 aliphatic rings. The SMILES string of the molecule is CC[C@]12C(=O)[C@](CC)(C(c3ccccc3)=C1c1ccccc1)[C@H]1C(=O)N(c3cccc(C)c3C)C(=O)[C@@H]12. The second-order valence-electron chi connectivity index (χ2n) is 10.6. The monoisotopic (exact) mass is 489 g/mol. The number of carbonyl (C=O) groups excluding carboxylic acids is 3. The molecule has 3 aromatic rings. The average Bonchev–Trinajstić information content (AvgIpc) is 3.42. The van der Waals surface area contributed by atoms with Gasteiger partial charge in [0.2, 0.25) is 11.8 Å². The Balaban J connectivity index is 1.68. The van der Waals surface area contributed by atoms with Crippen LogP contribution in [0.4, 0.5) is 5.69 Å². The molecule has 2 fully saturated rings. The maximum atomic E-state index is 14.7. The lowest BCUT2D eigenvalue weighted by atomic mass is 9.60. The number of anilines is 1. The average molecular weight is 490 g/mol. The molecular weight excluding hydrogens is 458 g/mol. The lowest BCUT2D eigenvalue weighted by molar-refractivity contribution is -0.134. The number of hydrogen-bond donors (Lipinski definition) is 0. The third-order valence-corrected chi connectivity index (χ3v) is 9.38. The highest BCUT2D eigenvalue weighted by atomic mass is 16.2. The minimum atomic E-state index is -1.05. The third-order valence-electron chi connectivity index (χ3n) is 9.38. The van der Waals surface area contributed by atoms with E-state index in [2.05, 4.69) is 0 Å². The Morgan fingerprint density at radius 3 is 1.54 bits per heavy atom. The van der Waals surface area contributed by atoms with Gasteiger partial charge in [0.25, 0.3) is 0 Å². The van der Waals surface area contributed by atoms with Crippen LogP contribution in [-0.4, -0.2) is 17.6 Å². The molecule has 1 saturated carbocycles. The van der Waals surface area contributed by atoms with E-state index in [0.717, 1.165) is 33.4 Å². The fourth-order valence-electron chi connectivity index (χ4n) is 7.67. The van der Waals surface area contributed by atoms with Crippen molar-refractivity contribution >= 4 is 34.4 Å². The van der Waals surface area contributed by atoms with E-state index in [1.54, 1.807) is 0 Å². The van der Waals surface area contributed by atoms with Crippen molar-refractivity contribution in [3.8, 4) is 0 Å². The fraction of sp³-hybridized carbons (Fsp3) is 0.303. The largest absolute Gasteiger partial charge is 0.298 e. The quantitative estimate of drug-likeness (QED) is 0.389. The number of benzene rings is 3. The molecule has 37 heavy (non-hydrogen) atoms. The van der Waals surface area contributed by atoms with Gasteiger partial charge < -0.3 is 0 Å². The summed E-state index contributed by atoms with van der Waals surface area (Å²) in [5.41, 5.74) is 4.25. The standard InChI is InChI=1S/C33H31NO3/c1-5-32-25(22-15-9-7-10-16-22)26(23-17-11-8-12-18-23)33(6-2,31(32)37)28-27(32)29(35)34(30(28)36)24-19-13-14-20(3)21(24)4/h7-19,27-28H,5-6H2,1-4H3/t27-,28-,32-,33+/m1/s1. The first kappa shape index (κ1) is 23.6. The topological polar surface area (TPSA) is 54.5 Å². The fourth-order valence-corrected chi connectivity index (χ4v) is 7.67. The van der Waals surface area contributed by atoms with Gasteiger partial charge in [0, 0.05) is 0 Å². The first-order valence-corrected chi connectivity index (χ1v) is 13.2. The van der Waals surface area contributed by atoms with Crippen LogP contribution in [0.5, 0.6) is 0 Å². The molecule has 3 aromatic carbocycles. The second kappa shape index (κ2) is 8.11. The molecule has 6 rings (SSSR count). The molecule has 0 radical (unpaired) electrons. The highest BCUT2D eigenvalue weighted by molar-refractivity contribution is 6.34. The van der Waals surface area contributed by atoms with Crippen LogP contribution in [0.2, 0.25) is 0 Å². The number of aryl methyl sites for hydroxylation is 1. The summed E-state index contributed by atoms with van der Waals surface area (Å²) in [6, 6.07) is 25.7. The Morgan fingerprint density at radius 2 is 1.11 bits per heavy atom. The Labute approximate surface area is 218 Å². The summed E-state index contributed by atoms with van der Waals surface area (Å²) in [5, 5.41) is 0. The van der Waals surface area contributed by atoms with Crippen LogP contribution < -0.4 is 4.90 Å². The van der Waals surface area contributed by atoms with Gasteiger partial charge in [-0.1, -0.05) is 86.6 Å². The highest BCUT2D eigenvalue weighted by Crippen LogP contribution is 2.75. The van der Waals surface area contributed by atoms with Crippen molar-refractivity contribution in [3.63, 3.8) is 0 Å². The zero-order chi connectivity index (χ0) is 26.1. The molecule has 0 unspecified atom stereocenters. The van der Waals surface area contributed by atoms with Gasteiger partial charge in [0.15, 0.2) is 5.78 Å². The molecule has 2 amide bonds. The molecule has 2 aliphatic carbocycles. The van der Waals surface area contributed by atoms with Crippen molar-refractivity contribution in [2.75, 3.05) is 4.90 Å². The van der Waals surface area contributed by atoms with Crippen LogP contribution in [0.15, 0.2) is 78.9 Å². The molecule has 2 bridgehead atoms. The number of ketones is 1. The van der Waals surface area contributed by atoms with Crippen molar-refractivity contribution < 1.29 is 14.4 Å². The Kier molecular flexibility index (Phi) is 5.17. The summed E-state index contributed by atoms with van der Waals surface area (Å²) in [7, 11) is 0. The van der Waals surface area contributed by atoms with Crippen molar-refractivity contribution in [2.24, 2.45) is 22.7 Å². The van der Waals surface area contributed by atoms with Crippen molar-refractivity contribution in [3.05, 3.63) is 101 Å². The number of carbonyl (C=O) groups is 3. The van der Waals surface area contributed by atoms with Crippen LogP contribution in [0.3, 0.4) is 0 Å². The van der Waals surface area contributed by atoms with Crippen molar-refractivity contribution in [2.45, 2.75) is 40.5 Å². The van der Waals surface area contributed by atoms with Gasteiger partial charge in [-0.2, -0.15) is 0 Å². The van der Waals surface area contributed by atoms with Gasteiger partial charge in [0.05, 0.1) is 28.4 Å². The van der Waals surface area contributed by atoms with Gasteiger partial charge in [0.1, 0.15) is 0 Å². The van der Waals surface area contributed by atoms with Crippen LogP contribution in [-0.2, 0) is 14.4 Å². The number of amides is 2. The predicted molar refractivity (Wildman–Crippen MR) is 146 cm³/mol. The maximum absolute atomic E-state index is 14.7. The first-order valence-electron chi connectivity index (χ1n) is 13.2.